The highest BCUT2D eigenvalue weighted by molar-refractivity contribution is 6.30. The van der Waals surface area contributed by atoms with E-state index in [-0.39, 0.29) is 5.91 Å². The maximum Gasteiger partial charge on any atom is 0.322 e. The number of hydrogen-bond acceptors (Lipinski definition) is 4. The highest BCUT2D eigenvalue weighted by Crippen LogP contribution is 2.21. The molecule has 0 unspecified atom stereocenters. The molecule has 0 atom stereocenters. The van der Waals surface area contributed by atoms with Gasteiger partial charge in [0.25, 0.3) is 5.91 Å². The van der Waals surface area contributed by atoms with Gasteiger partial charge in [-0.05, 0) is 68.4 Å². The van der Waals surface area contributed by atoms with E-state index in [1.165, 1.54) is 0 Å². The van der Waals surface area contributed by atoms with E-state index in [0.717, 1.165) is 11.4 Å². The van der Waals surface area contributed by atoms with Gasteiger partial charge in [-0.15, -0.1) is 0 Å². The van der Waals surface area contributed by atoms with Crippen LogP contribution in [-0.2, 0) is 0 Å². The second-order valence-corrected chi connectivity index (χ2v) is 5.96. The number of aromatic nitrogens is 2. The first-order valence-corrected chi connectivity index (χ1v) is 8.04. The van der Waals surface area contributed by atoms with Crippen molar-refractivity contribution in [3.8, 4) is 11.8 Å². The number of benzene rings is 2. The van der Waals surface area contributed by atoms with Crippen molar-refractivity contribution in [2.45, 2.75) is 13.8 Å². The molecule has 0 aliphatic carbocycles. The standard InChI is InChI=1S/C19H16ClN3O2/c1-12-11-13(2)22-19(21-12)25-17-9-7-16(8-10-17)23-18(24)14-3-5-15(20)6-4-14/h3-11H,1-2H3,(H,23,24). The fourth-order valence-electron chi connectivity index (χ4n) is 2.26. The van der Waals surface area contributed by atoms with Crippen LogP contribution in [0.25, 0.3) is 0 Å². The summed E-state index contributed by atoms with van der Waals surface area (Å²) in [7, 11) is 0. The van der Waals surface area contributed by atoms with Gasteiger partial charge >= 0.3 is 6.01 Å². The van der Waals surface area contributed by atoms with Gasteiger partial charge in [0.2, 0.25) is 0 Å². The largest absolute Gasteiger partial charge is 0.424 e. The smallest absolute Gasteiger partial charge is 0.322 e. The SMILES string of the molecule is Cc1cc(C)nc(Oc2ccc(NC(=O)c3ccc(Cl)cc3)cc2)n1. The molecule has 0 saturated heterocycles. The Bertz CT molecular complexity index is 873. The van der Waals surface area contributed by atoms with Crippen molar-refractivity contribution >= 4 is 23.2 Å². The van der Waals surface area contributed by atoms with Crippen LogP contribution < -0.4 is 10.1 Å². The van der Waals surface area contributed by atoms with Crippen LogP contribution in [0.15, 0.2) is 54.6 Å². The summed E-state index contributed by atoms with van der Waals surface area (Å²) in [4.78, 5) is 20.6. The molecule has 0 radical (unpaired) electrons. The normalized spacial score (nSPS) is 10.4. The molecule has 126 valence electrons. The predicted molar refractivity (Wildman–Crippen MR) is 97.4 cm³/mol. The summed E-state index contributed by atoms with van der Waals surface area (Å²) in [5, 5.41) is 3.41. The van der Waals surface area contributed by atoms with Crippen LogP contribution in [0.5, 0.6) is 11.8 Å². The number of rotatable bonds is 4. The van der Waals surface area contributed by atoms with Gasteiger partial charge < -0.3 is 10.1 Å². The first-order chi connectivity index (χ1) is 12.0. The Morgan fingerprint density at radius 1 is 0.960 bits per heavy atom. The summed E-state index contributed by atoms with van der Waals surface area (Å²) in [5.41, 5.74) is 2.88. The van der Waals surface area contributed by atoms with Crippen LogP contribution in [0.2, 0.25) is 5.02 Å². The van der Waals surface area contributed by atoms with Crippen LogP contribution in [-0.4, -0.2) is 15.9 Å². The Morgan fingerprint density at radius 2 is 1.56 bits per heavy atom. The maximum atomic E-state index is 12.2. The molecule has 2 aromatic carbocycles. The third-order valence-corrected chi connectivity index (χ3v) is 3.64. The van der Waals surface area contributed by atoms with Crippen molar-refractivity contribution in [2.75, 3.05) is 5.32 Å². The molecule has 0 fully saturated rings. The number of hydrogen-bond donors (Lipinski definition) is 1. The van der Waals surface area contributed by atoms with Crippen molar-refractivity contribution < 1.29 is 9.53 Å². The van der Waals surface area contributed by atoms with Crippen LogP contribution in [0.3, 0.4) is 0 Å². The summed E-state index contributed by atoms with van der Waals surface area (Å²) >= 11 is 5.82. The number of anilines is 1. The number of carbonyl (C=O) groups excluding carboxylic acids is 1. The summed E-state index contributed by atoms with van der Waals surface area (Å²) < 4.78 is 5.65. The highest BCUT2D eigenvalue weighted by Gasteiger charge is 2.07. The molecule has 3 rings (SSSR count). The van der Waals surface area contributed by atoms with E-state index < -0.39 is 0 Å². The molecule has 3 aromatic rings. The number of amides is 1. The lowest BCUT2D eigenvalue weighted by Crippen LogP contribution is -2.11. The van der Waals surface area contributed by atoms with Gasteiger partial charge in [0.1, 0.15) is 5.75 Å². The fourth-order valence-corrected chi connectivity index (χ4v) is 2.38. The molecule has 0 saturated carbocycles. The van der Waals surface area contributed by atoms with E-state index in [0.29, 0.717) is 28.0 Å². The zero-order valence-electron chi connectivity index (χ0n) is 13.8. The van der Waals surface area contributed by atoms with Gasteiger partial charge in [0, 0.05) is 27.7 Å². The lowest BCUT2D eigenvalue weighted by atomic mass is 10.2. The molecule has 1 N–H and O–H groups in total. The summed E-state index contributed by atoms with van der Waals surface area (Å²) in [6.07, 6.45) is 0. The quantitative estimate of drug-likeness (QED) is 0.732. The molecule has 0 spiro atoms. The maximum absolute atomic E-state index is 12.2. The minimum Gasteiger partial charge on any atom is -0.424 e. The Labute approximate surface area is 150 Å². The van der Waals surface area contributed by atoms with Gasteiger partial charge in [-0.2, -0.15) is 0 Å². The summed E-state index contributed by atoms with van der Waals surface area (Å²) in [5.74, 6) is 0.387. The van der Waals surface area contributed by atoms with E-state index in [9.17, 15) is 4.79 Å². The molecule has 0 bridgehead atoms. The highest BCUT2D eigenvalue weighted by atomic mass is 35.5. The second kappa shape index (κ2) is 7.32. The Kier molecular flexibility index (Phi) is 4.95. The third kappa shape index (κ3) is 4.55. The first-order valence-electron chi connectivity index (χ1n) is 7.67. The zero-order valence-corrected chi connectivity index (χ0v) is 14.5. The van der Waals surface area contributed by atoms with E-state index in [1.54, 1.807) is 48.5 Å². The van der Waals surface area contributed by atoms with E-state index in [1.807, 2.05) is 19.9 Å². The monoisotopic (exact) mass is 353 g/mol. The average molecular weight is 354 g/mol. The molecular formula is C19H16ClN3O2. The summed E-state index contributed by atoms with van der Waals surface area (Å²) in [6.45, 7) is 3.77. The average Bonchev–Trinajstić information content (AvgIpc) is 2.56. The fraction of sp³-hybridized carbons (Fsp3) is 0.105. The lowest BCUT2D eigenvalue weighted by molar-refractivity contribution is 0.102. The van der Waals surface area contributed by atoms with Gasteiger partial charge in [0.05, 0.1) is 0 Å². The molecular weight excluding hydrogens is 338 g/mol. The van der Waals surface area contributed by atoms with Crippen molar-refractivity contribution in [3.63, 3.8) is 0 Å². The molecule has 1 aromatic heterocycles. The van der Waals surface area contributed by atoms with E-state index >= 15 is 0 Å². The summed E-state index contributed by atoms with van der Waals surface area (Å²) in [6, 6.07) is 15.9. The van der Waals surface area contributed by atoms with Crippen LogP contribution in [0.1, 0.15) is 21.7 Å². The lowest BCUT2D eigenvalue weighted by Gasteiger charge is -2.08. The Hall–Kier alpha value is -2.92. The molecule has 0 aliphatic rings. The first kappa shape index (κ1) is 16.9. The topological polar surface area (TPSA) is 64.1 Å². The molecule has 25 heavy (non-hydrogen) atoms. The molecule has 5 nitrogen and oxygen atoms in total. The van der Waals surface area contributed by atoms with Crippen molar-refractivity contribution in [2.24, 2.45) is 0 Å². The van der Waals surface area contributed by atoms with Gasteiger partial charge in [0.15, 0.2) is 0 Å². The molecule has 1 amide bonds. The number of nitrogens with zero attached hydrogens (tertiary/aromatic N) is 2. The molecule has 6 heteroatoms. The van der Waals surface area contributed by atoms with Gasteiger partial charge in [-0.25, -0.2) is 9.97 Å². The van der Waals surface area contributed by atoms with Gasteiger partial charge in [-0.3, -0.25) is 4.79 Å². The van der Waals surface area contributed by atoms with Crippen LogP contribution in [0.4, 0.5) is 5.69 Å². The number of ether oxygens (including phenoxy) is 1. The Morgan fingerprint density at radius 3 is 2.16 bits per heavy atom. The van der Waals surface area contributed by atoms with Crippen molar-refractivity contribution in [1.82, 2.24) is 9.97 Å². The number of aryl methyl sites for hydroxylation is 2. The van der Waals surface area contributed by atoms with Crippen molar-refractivity contribution in [3.05, 3.63) is 76.6 Å². The Balaban J connectivity index is 1.67. The minimum absolute atomic E-state index is 0.206. The van der Waals surface area contributed by atoms with Crippen LogP contribution in [0, 0.1) is 13.8 Å². The number of carbonyl (C=O) groups is 1. The minimum atomic E-state index is -0.206. The number of nitrogens with one attached hydrogen (secondary N) is 1. The molecule has 1 heterocycles. The van der Waals surface area contributed by atoms with Crippen molar-refractivity contribution in [1.29, 1.82) is 0 Å². The van der Waals surface area contributed by atoms with Gasteiger partial charge in [-0.1, -0.05) is 11.6 Å². The third-order valence-electron chi connectivity index (χ3n) is 3.39. The predicted octanol–water partition coefficient (Wildman–Crippen LogP) is 4.79. The van der Waals surface area contributed by atoms with Crippen LogP contribution >= 0.6 is 11.6 Å². The van der Waals surface area contributed by atoms with E-state index in [2.05, 4.69) is 15.3 Å². The number of halogens is 1. The van der Waals surface area contributed by atoms with E-state index in [4.69, 9.17) is 16.3 Å². The molecule has 0 aliphatic heterocycles. The zero-order chi connectivity index (χ0) is 17.8. The second-order valence-electron chi connectivity index (χ2n) is 5.52.